The summed E-state index contributed by atoms with van der Waals surface area (Å²) in [4.78, 5) is 2.10. The lowest BCUT2D eigenvalue weighted by Gasteiger charge is -2.25. The molecule has 0 N–H and O–H groups in total. The lowest BCUT2D eigenvalue weighted by molar-refractivity contribution is 0.381. The zero-order chi connectivity index (χ0) is 25.2. The Bertz CT molecular complexity index is 1230. The number of ether oxygens (including phenoxy) is 1. The summed E-state index contributed by atoms with van der Waals surface area (Å²) in [6, 6.07) is 16.0. The van der Waals surface area contributed by atoms with Gasteiger partial charge >= 0.3 is 0 Å². The van der Waals surface area contributed by atoms with E-state index < -0.39 is 0 Å². The van der Waals surface area contributed by atoms with E-state index in [0.717, 1.165) is 39.3 Å². The van der Waals surface area contributed by atoms with Gasteiger partial charge in [-0.05, 0) is 104 Å². The first-order valence-electron chi connectivity index (χ1n) is 11.6. The zero-order valence-electron chi connectivity index (χ0n) is 21.8. The van der Waals surface area contributed by atoms with Gasteiger partial charge in [-0.3, -0.25) is 0 Å². The molecule has 0 spiro atoms. The second-order valence-corrected chi connectivity index (χ2v) is 9.25. The highest BCUT2D eigenvalue weighted by molar-refractivity contribution is 5.72. The molecule has 178 valence electrons. The number of hydrogen-bond donors (Lipinski definition) is 0. The van der Waals surface area contributed by atoms with Crippen LogP contribution in [0, 0.1) is 33.5 Å². The Balaban J connectivity index is 1.94. The van der Waals surface area contributed by atoms with Gasteiger partial charge in [-0.15, -0.1) is 0 Å². The number of allylic oxidation sites excluding steroid dienone is 2. The van der Waals surface area contributed by atoms with Gasteiger partial charge in [0.1, 0.15) is 11.6 Å². The molecular weight excluding hydrogens is 421 g/mol. The van der Waals surface area contributed by atoms with Gasteiger partial charge in [-0.1, -0.05) is 36.9 Å². The van der Waals surface area contributed by atoms with Crippen LogP contribution in [0.5, 0.6) is 5.75 Å². The number of benzene rings is 3. The molecule has 0 aromatic heterocycles. The Kier molecular flexibility index (Phi) is 7.66. The third-order valence-corrected chi connectivity index (χ3v) is 7.00. The Labute approximate surface area is 204 Å². The van der Waals surface area contributed by atoms with Crippen molar-refractivity contribution in [1.29, 1.82) is 0 Å². The minimum Gasteiger partial charge on any atom is -0.496 e. The van der Waals surface area contributed by atoms with Crippen LogP contribution in [0.2, 0.25) is 0 Å². The van der Waals surface area contributed by atoms with Crippen molar-refractivity contribution in [2.45, 2.75) is 48.1 Å². The molecule has 0 bridgehead atoms. The monoisotopic (exact) mass is 457 g/mol. The molecule has 0 saturated heterocycles. The van der Waals surface area contributed by atoms with Crippen molar-refractivity contribution in [2.75, 3.05) is 14.2 Å². The van der Waals surface area contributed by atoms with Crippen LogP contribution in [-0.2, 0) is 6.54 Å². The minimum absolute atomic E-state index is 0.203. The highest BCUT2D eigenvalue weighted by Gasteiger charge is 2.16. The van der Waals surface area contributed by atoms with E-state index in [1.165, 1.54) is 28.3 Å². The Hall–Kier alpha value is -3.33. The van der Waals surface area contributed by atoms with Gasteiger partial charge in [0.15, 0.2) is 0 Å². The summed E-state index contributed by atoms with van der Waals surface area (Å²) in [6.45, 7) is 17.3. The first-order chi connectivity index (χ1) is 16.0. The van der Waals surface area contributed by atoms with Crippen molar-refractivity contribution in [2.24, 2.45) is 0 Å². The maximum atomic E-state index is 14.6. The average Bonchev–Trinajstić information content (AvgIpc) is 2.80. The van der Waals surface area contributed by atoms with Crippen LogP contribution < -0.4 is 4.74 Å². The van der Waals surface area contributed by atoms with E-state index >= 15 is 0 Å². The maximum absolute atomic E-state index is 14.6. The molecule has 0 aliphatic rings. The number of rotatable bonds is 7. The smallest absolute Gasteiger partial charge is 0.130 e. The zero-order valence-corrected chi connectivity index (χ0v) is 21.8. The van der Waals surface area contributed by atoms with Crippen LogP contribution in [0.25, 0.3) is 16.7 Å². The predicted molar refractivity (Wildman–Crippen MR) is 143 cm³/mol. The minimum atomic E-state index is -0.203. The molecule has 0 fully saturated rings. The Morgan fingerprint density at radius 1 is 0.912 bits per heavy atom. The van der Waals surface area contributed by atoms with Gasteiger partial charge in [0.05, 0.1) is 7.11 Å². The Morgan fingerprint density at radius 3 is 2.15 bits per heavy atom. The molecule has 34 heavy (non-hydrogen) atoms. The summed E-state index contributed by atoms with van der Waals surface area (Å²) in [7, 11) is 3.71. The molecule has 0 atom stereocenters. The molecular formula is C31H36FNO. The van der Waals surface area contributed by atoms with E-state index in [4.69, 9.17) is 4.74 Å². The SMILES string of the molecule is C=C(/C(C)=C(\C)c1c(C)cccc1F)N(C)Cc1cc(-c2cc(C)c(C)c(C)c2)ccc1OC. The second kappa shape index (κ2) is 10.3. The molecule has 0 heterocycles. The molecule has 3 aromatic rings. The van der Waals surface area contributed by atoms with Gasteiger partial charge in [0.2, 0.25) is 0 Å². The largest absolute Gasteiger partial charge is 0.496 e. The van der Waals surface area contributed by atoms with Crippen LogP contribution in [0.15, 0.2) is 66.4 Å². The van der Waals surface area contributed by atoms with E-state index in [9.17, 15) is 4.39 Å². The van der Waals surface area contributed by atoms with Gasteiger partial charge in [-0.2, -0.15) is 0 Å². The lowest BCUT2D eigenvalue weighted by Crippen LogP contribution is -2.18. The molecule has 0 radical (unpaired) electrons. The van der Waals surface area contributed by atoms with Gasteiger partial charge in [0, 0.05) is 30.4 Å². The van der Waals surface area contributed by atoms with Crippen molar-refractivity contribution in [3.05, 3.63) is 106 Å². The molecule has 2 nitrogen and oxygen atoms in total. The van der Waals surface area contributed by atoms with Crippen LogP contribution in [-0.4, -0.2) is 19.1 Å². The third-order valence-electron chi connectivity index (χ3n) is 7.00. The number of methoxy groups -OCH3 is 1. The number of hydrogen-bond acceptors (Lipinski definition) is 2. The summed E-state index contributed by atoms with van der Waals surface area (Å²) < 4.78 is 20.2. The quantitative estimate of drug-likeness (QED) is 0.332. The summed E-state index contributed by atoms with van der Waals surface area (Å²) >= 11 is 0. The van der Waals surface area contributed by atoms with Crippen molar-refractivity contribution in [3.63, 3.8) is 0 Å². The fourth-order valence-electron chi connectivity index (χ4n) is 4.43. The number of halogens is 1. The van der Waals surface area contributed by atoms with Gasteiger partial charge in [0.25, 0.3) is 0 Å². The normalized spacial score (nSPS) is 11.8. The lowest BCUT2D eigenvalue weighted by atomic mass is 9.95. The standard InChI is InChI=1S/C31H36FNO/c1-19-11-10-12-29(32)31(19)24(6)23(5)25(7)33(8)18-28-17-26(13-14-30(28)34-9)27-15-20(2)22(4)21(3)16-27/h10-17H,7,18H2,1-6,8-9H3/b24-23+. The van der Waals surface area contributed by atoms with Crippen LogP contribution in [0.3, 0.4) is 0 Å². The topological polar surface area (TPSA) is 12.5 Å². The number of nitrogens with zero attached hydrogens (tertiary/aromatic N) is 1. The second-order valence-electron chi connectivity index (χ2n) is 9.25. The molecule has 3 heteroatoms. The van der Waals surface area contributed by atoms with Crippen molar-refractivity contribution in [3.8, 4) is 16.9 Å². The highest BCUT2D eigenvalue weighted by atomic mass is 19.1. The van der Waals surface area contributed by atoms with E-state index in [0.29, 0.717) is 12.1 Å². The molecule has 0 aliphatic carbocycles. The summed E-state index contributed by atoms with van der Waals surface area (Å²) in [6.07, 6.45) is 0. The Morgan fingerprint density at radius 2 is 1.56 bits per heavy atom. The first kappa shape index (κ1) is 25.3. The van der Waals surface area contributed by atoms with Crippen molar-refractivity contribution < 1.29 is 9.13 Å². The van der Waals surface area contributed by atoms with Crippen LogP contribution >= 0.6 is 0 Å². The molecule has 0 unspecified atom stereocenters. The molecule has 3 aromatic carbocycles. The predicted octanol–water partition coefficient (Wildman–Crippen LogP) is 8.17. The van der Waals surface area contributed by atoms with Crippen molar-refractivity contribution >= 4 is 5.57 Å². The molecule has 3 rings (SSSR count). The number of aryl methyl sites for hydroxylation is 3. The van der Waals surface area contributed by atoms with Gasteiger partial charge in [-0.25, -0.2) is 4.39 Å². The van der Waals surface area contributed by atoms with Crippen LogP contribution in [0.1, 0.15) is 47.2 Å². The van der Waals surface area contributed by atoms with E-state index in [2.05, 4.69) is 56.5 Å². The summed E-state index contributed by atoms with van der Waals surface area (Å²) in [5.74, 6) is 0.637. The summed E-state index contributed by atoms with van der Waals surface area (Å²) in [5.41, 5.74) is 11.6. The van der Waals surface area contributed by atoms with Crippen molar-refractivity contribution in [1.82, 2.24) is 4.90 Å². The summed E-state index contributed by atoms with van der Waals surface area (Å²) in [5, 5.41) is 0. The van der Waals surface area contributed by atoms with E-state index in [-0.39, 0.29) is 5.82 Å². The molecule has 0 aliphatic heterocycles. The maximum Gasteiger partial charge on any atom is 0.130 e. The van der Waals surface area contributed by atoms with Gasteiger partial charge < -0.3 is 9.64 Å². The first-order valence-corrected chi connectivity index (χ1v) is 11.6. The molecule has 0 amide bonds. The highest BCUT2D eigenvalue weighted by Crippen LogP contribution is 2.32. The molecule has 0 saturated carbocycles. The average molecular weight is 458 g/mol. The third kappa shape index (κ3) is 5.09. The van der Waals surface area contributed by atoms with Crippen LogP contribution in [0.4, 0.5) is 4.39 Å². The van der Waals surface area contributed by atoms with E-state index in [1.807, 2.05) is 40.0 Å². The fraction of sp³-hybridized carbons (Fsp3) is 0.290. The number of likely N-dealkylation sites (N-methyl/N-ethyl adjacent to an activating group) is 1. The van der Waals surface area contributed by atoms with E-state index in [1.54, 1.807) is 13.2 Å². The fourth-order valence-corrected chi connectivity index (χ4v) is 4.43.